The van der Waals surface area contributed by atoms with Crippen LogP contribution in [0.15, 0.2) is 22.7 Å². The first-order valence-corrected chi connectivity index (χ1v) is 4.24. The fourth-order valence-corrected chi connectivity index (χ4v) is 1.58. The van der Waals surface area contributed by atoms with Crippen LogP contribution in [0.1, 0.15) is 21.9 Å². The zero-order chi connectivity index (χ0) is 8.72. The van der Waals surface area contributed by atoms with Crippen molar-refractivity contribution in [3.05, 3.63) is 33.8 Å². The maximum Gasteiger partial charge on any atom is 0.338 e. The number of carbonyl (C=O) groups is 1. The molecule has 2 rings (SSSR count). The van der Waals surface area contributed by atoms with Crippen molar-refractivity contribution >= 4 is 29.7 Å². The van der Waals surface area contributed by atoms with E-state index in [4.69, 9.17) is 12.6 Å². The van der Waals surface area contributed by atoms with Crippen LogP contribution in [0.3, 0.4) is 0 Å². The molecule has 1 unspecified atom stereocenters. The van der Waals surface area contributed by atoms with Crippen molar-refractivity contribution in [2.45, 2.75) is 6.00 Å². The molecule has 1 aliphatic heterocycles. The van der Waals surface area contributed by atoms with Crippen molar-refractivity contribution in [2.24, 2.45) is 0 Å². The Morgan fingerprint density at radius 2 is 2.25 bits per heavy atom. The maximum absolute atomic E-state index is 11.1. The summed E-state index contributed by atoms with van der Waals surface area (Å²) in [6, 6.07) is 4.68. The molecule has 0 aromatic heterocycles. The molecule has 0 saturated carbocycles. The van der Waals surface area contributed by atoms with Gasteiger partial charge in [0, 0.05) is 4.47 Å². The zero-order valence-electron chi connectivity index (χ0n) is 6.08. The first-order valence-electron chi connectivity index (χ1n) is 3.44. The number of rotatable bonds is 0. The summed E-state index contributed by atoms with van der Waals surface area (Å²) in [7, 11) is 5.54. The number of esters is 1. The summed E-state index contributed by atoms with van der Waals surface area (Å²) in [5, 5.41) is 0. The van der Waals surface area contributed by atoms with Crippen LogP contribution in [0.5, 0.6) is 0 Å². The van der Waals surface area contributed by atoms with Gasteiger partial charge in [-0.25, -0.2) is 4.79 Å². The van der Waals surface area contributed by atoms with Gasteiger partial charge in [0.05, 0.1) is 11.6 Å². The minimum absolute atomic E-state index is 0.343. The van der Waals surface area contributed by atoms with E-state index in [1.54, 1.807) is 18.2 Å². The molecule has 0 saturated heterocycles. The van der Waals surface area contributed by atoms with Crippen molar-refractivity contribution in [1.29, 1.82) is 0 Å². The second-order valence-corrected chi connectivity index (χ2v) is 3.47. The average Bonchev–Trinajstić information content (AvgIpc) is 2.28. The molecule has 0 aliphatic carbocycles. The smallest absolute Gasteiger partial charge is 0.338 e. The lowest BCUT2D eigenvalue weighted by atomic mass is 9.91. The Morgan fingerprint density at radius 3 is 3.00 bits per heavy atom. The Balaban J connectivity index is 2.60. The second kappa shape index (κ2) is 2.63. The molecular weight excluding hydrogens is 219 g/mol. The van der Waals surface area contributed by atoms with Crippen LogP contribution in [-0.4, -0.2) is 13.8 Å². The highest BCUT2D eigenvalue weighted by Crippen LogP contribution is 2.30. The van der Waals surface area contributed by atoms with Crippen LogP contribution in [0.25, 0.3) is 0 Å². The SMILES string of the molecule is [B]C1OC(=O)c2ccc(Br)cc21. The number of hydrogen-bond donors (Lipinski definition) is 0. The molecule has 4 heteroatoms. The maximum atomic E-state index is 11.1. The van der Waals surface area contributed by atoms with Gasteiger partial charge in [0.25, 0.3) is 0 Å². The molecule has 1 aromatic rings. The van der Waals surface area contributed by atoms with E-state index >= 15 is 0 Å². The lowest BCUT2D eigenvalue weighted by molar-refractivity contribution is 0.0512. The number of benzene rings is 1. The van der Waals surface area contributed by atoms with E-state index in [0.29, 0.717) is 5.56 Å². The molecule has 0 spiro atoms. The molecule has 1 atom stereocenters. The van der Waals surface area contributed by atoms with Crippen molar-refractivity contribution < 1.29 is 9.53 Å². The Labute approximate surface area is 79.4 Å². The van der Waals surface area contributed by atoms with Gasteiger partial charge < -0.3 is 4.74 Å². The molecule has 2 radical (unpaired) electrons. The molecule has 0 fully saturated rings. The van der Waals surface area contributed by atoms with Crippen LogP contribution >= 0.6 is 15.9 Å². The van der Waals surface area contributed by atoms with Crippen molar-refractivity contribution in [3.8, 4) is 0 Å². The standard InChI is InChI=1S/C8H4BBrO2/c9-7-6-3-4(10)1-2-5(6)8(11)12-7/h1-3,7H. The summed E-state index contributed by atoms with van der Waals surface area (Å²) in [5.74, 6) is -0.343. The van der Waals surface area contributed by atoms with Gasteiger partial charge in [0.15, 0.2) is 0 Å². The summed E-state index contributed by atoms with van der Waals surface area (Å²) >= 11 is 3.29. The topological polar surface area (TPSA) is 26.3 Å². The normalized spacial score (nSPS) is 20.4. The summed E-state index contributed by atoms with van der Waals surface area (Å²) in [5.41, 5.74) is 1.31. The second-order valence-electron chi connectivity index (χ2n) is 2.56. The fraction of sp³-hybridized carbons (Fsp3) is 0.125. The van der Waals surface area contributed by atoms with Gasteiger partial charge in [0.1, 0.15) is 7.85 Å². The molecule has 58 valence electrons. The molecule has 1 heterocycles. The largest absolute Gasteiger partial charge is 0.465 e. The lowest BCUT2D eigenvalue weighted by Gasteiger charge is -2.01. The van der Waals surface area contributed by atoms with E-state index in [-0.39, 0.29) is 5.97 Å². The van der Waals surface area contributed by atoms with Crippen LogP contribution in [0.2, 0.25) is 0 Å². The Bertz CT molecular complexity index is 351. The molecule has 0 amide bonds. The summed E-state index contributed by atoms with van der Waals surface area (Å²) in [6.45, 7) is 0. The highest BCUT2D eigenvalue weighted by molar-refractivity contribution is 9.10. The van der Waals surface area contributed by atoms with E-state index in [9.17, 15) is 4.79 Å². The molecule has 12 heavy (non-hydrogen) atoms. The number of fused-ring (bicyclic) bond motifs is 1. The first-order chi connectivity index (χ1) is 5.68. The van der Waals surface area contributed by atoms with Crippen LogP contribution in [-0.2, 0) is 4.74 Å². The van der Waals surface area contributed by atoms with Gasteiger partial charge in [-0.2, -0.15) is 0 Å². The van der Waals surface area contributed by atoms with Gasteiger partial charge in [-0.3, -0.25) is 0 Å². The molecular formula is C8H4BBrO2. The minimum Gasteiger partial charge on any atom is -0.465 e. The van der Waals surface area contributed by atoms with E-state index in [2.05, 4.69) is 15.9 Å². The number of ether oxygens (including phenoxy) is 1. The molecule has 1 aromatic carbocycles. The third-order valence-corrected chi connectivity index (χ3v) is 2.27. The van der Waals surface area contributed by atoms with E-state index in [0.717, 1.165) is 10.0 Å². The van der Waals surface area contributed by atoms with Gasteiger partial charge in [-0.05, 0) is 23.8 Å². The number of carbonyl (C=O) groups excluding carboxylic acids is 1. The summed E-state index contributed by atoms with van der Waals surface area (Å²) in [4.78, 5) is 11.1. The van der Waals surface area contributed by atoms with E-state index in [1.807, 2.05) is 0 Å². The highest BCUT2D eigenvalue weighted by Gasteiger charge is 2.26. The average molecular weight is 223 g/mol. The van der Waals surface area contributed by atoms with Gasteiger partial charge in [-0.15, -0.1) is 0 Å². The summed E-state index contributed by atoms with van der Waals surface area (Å²) < 4.78 is 5.70. The fourth-order valence-electron chi connectivity index (χ4n) is 1.20. The lowest BCUT2D eigenvalue weighted by Crippen LogP contribution is -1.96. The van der Waals surface area contributed by atoms with Crippen LogP contribution in [0.4, 0.5) is 0 Å². The van der Waals surface area contributed by atoms with Gasteiger partial charge in [0.2, 0.25) is 0 Å². The van der Waals surface area contributed by atoms with Gasteiger partial charge in [-0.1, -0.05) is 15.9 Å². The van der Waals surface area contributed by atoms with Crippen LogP contribution < -0.4 is 0 Å². The number of halogens is 1. The highest BCUT2D eigenvalue weighted by atomic mass is 79.9. The van der Waals surface area contributed by atoms with E-state index < -0.39 is 6.00 Å². The third-order valence-electron chi connectivity index (χ3n) is 1.77. The number of hydrogen-bond acceptors (Lipinski definition) is 2. The predicted octanol–water partition coefficient (Wildman–Crippen LogP) is 1.79. The van der Waals surface area contributed by atoms with Crippen molar-refractivity contribution in [2.75, 3.05) is 0 Å². The zero-order valence-corrected chi connectivity index (χ0v) is 7.67. The van der Waals surface area contributed by atoms with Crippen LogP contribution in [0, 0.1) is 0 Å². The first kappa shape index (κ1) is 7.86. The molecule has 0 N–H and O–H groups in total. The molecule has 0 bridgehead atoms. The molecule has 2 nitrogen and oxygen atoms in total. The monoisotopic (exact) mass is 222 g/mol. The Morgan fingerprint density at radius 1 is 1.50 bits per heavy atom. The predicted molar refractivity (Wildman–Crippen MR) is 48.1 cm³/mol. The Kier molecular flexibility index (Phi) is 1.72. The number of cyclic esters (lactones) is 1. The van der Waals surface area contributed by atoms with E-state index in [1.165, 1.54) is 0 Å². The van der Waals surface area contributed by atoms with Crippen molar-refractivity contribution in [3.63, 3.8) is 0 Å². The van der Waals surface area contributed by atoms with Crippen molar-refractivity contribution in [1.82, 2.24) is 0 Å². The summed E-state index contributed by atoms with van der Waals surface area (Å²) in [6.07, 6.45) is 0. The quantitative estimate of drug-likeness (QED) is 0.494. The molecule has 1 aliphatic rings. The minimum atomic E-state index is -0.606. The Hall–Kier alpha value is -0.765. The van der Waals surface area contributed by atoms with Gasteiger partial charge >= 0.3 is 5.97 Å². The third kappa shape index (κ3) is 1.07.